The summed E-state index contributed by atoms with van der Waals surface area (Å²) in [7, 11) is -4.02. The summed E-state index contributed by atoms with van der Waals surface area (Å²) in [5, 5.41) is 18.0. The highest BCUT2D eigenvalue weighted by Gasteiger charge is 2.75. The van der Waals surface area contributed by atoms with Crippen LogP contribution in [0.25, 0.3) is 0 Å². The maximum absolute atomic E-state index is 13.5. The van der Waals surface area contributed by atoms with E-state index in [0.717, 1.165) is 11.6 Å². The number of halogens is 1. The summed E-state index contributed by atoms with van der Waals surface area (Å²) in [6.07, 6.45) is 0. The lowest BCUT2D eigenvalue weighted by atomic mass is 10.00. The van der Waals surface area contributed by atoms with Crippen molar-refractivity contribution in [2.24, 2.45) is 5.41 Å². The Morgan fingerprint density at radius 1 is 1.20 bits per heavy atom. The highest BCUT2D eigenvalue weighted by molar-refractivity contribution is 7.92. The summed E-state index contributed by atoms with van der Waals surface area (Å²) in [6, 6.07) is 11.2. The molecule has 2 N–H and O–H groups in total. The Morgan fingerprint density at radius 3 is 2.36 bits per heavy atom. The monoisotopic (exact) mass is 364 g/mol. The van der Waals surface area contributed by atoms with Gasteiger partial charge in [0.2, 0.25) is 0 Å². The number of hydrogen-bond acceptors (Lipinski definition) is 4. The van der Waals surface area contributed by atoms with Gasteiger partial charge in [-0.25, -0.2) is 12.8 Å². The molecule has 1 saturated carbocycles. The van der Waals surface area contributed by atoms with Gasteiger partial charge in [-0.2, -0.15) is 0 Å². The lowest BCUT2D eigenvalue weighted by Gasteiger charge is -2.09. The van der Waals surface area contributed by atoms with Crippen LogP contribution in [0.5, 0.6) is 0 Å². The van der Waals surface area contributed by atoms with Crippen molar-refractivity contribution in [2.45, 2.75) is 23.0 Å². The van der Waals surface area contributed by atoms with Crippen molar-refractivity contribution in [3.63, 3.8) is 0 Å². The zero-order valence-electron chi connectivity index (χ0n) is 13.4. The Balaban J connectivity index is 2.12. The molecular weight excluding hydrogens is 347 g/mol. The van der Waals surface area contributed by atoms with Crippen LogP contribution in [0.3, 0.4) is 0 Å². The molecule has 0 aromatic heterocycles. The molecule has 3 rings (SSSR count). The second-order valence-electron chi connectivity index (χ2n) is 6.31. The van der Waals surface area contributed by atoms with Crippen LogP contribution in [0.15, 0.2) is 53.4 Å². The molecule has 1 fully saturated rings. The third-order valence-corrected chi connectivity index (χ3v) is 7.10. The largest absolute Gasteiger partial charge is 0.481 e. The normalized spacial score (nSPS) is 25.6. The molecule has 0 unspecified atom stereocenters. The fourth-order valence-electron chi connectivity index (χ4n) is 3.42. The minimum Gasteiger partial charge on any atom is -0.481 e. The summed E-state index contributed by atoms with van der Waals surface area (Å²) in [5.41, 5.74) is -0.766. The number of aliphatic carboxylic acids is 1. The first-order valence-corrected chi connectivity index (χ1v) is 9.20. The van der Waals surface area contributed by atoms with Crippen LogP contribution >= 0.6 is 0 Å². The van der Waals surface area contributed by atoms with E-state index in [-0.39, 0.29) is 10.5 Å². The van der Waals surface area contributed by atoms with E-state index < -0.39 is 44.8 Å². The SMILES string of the molecule is Cc1ccc(S(=O)(=O)[C@H]2[C@@H](c3cccc(F)c3)[C@@]2(CO)C(=O)O)cc1. The van der Waals surface area contributed by atoms with E-state index in [0.29, 0.717) is 0 Å². The van der Waals surface area contributed by atoms with Crippen molar-refractivity contribution < 1.29 is 27.8 Å². The van der Waals surface area contributed by atoms with Gasteiger partial charge in [0.05, 0.1) is 16.8 Å². The lowest BCUT2D eigenvalue weighted by molar-refractivity contribution is -0.145. The highest BCUT2D eigenvalue weighted by Crippen LogP contribution is 2.64. The second-order valence-corrected chi connectivity index (χ2v) is 8.38. The first-order chi connectivity index (χ1) is 11.7. The van der Waals surface area contributed by atoms with Crippen molar-refractivity contribution >= 4 is 15.8 Å². The van der Waals surface area contributed by atoms with Gasteiger partial charge in [0.25, 0.3) is 0 Å². The standard InChI is InChI=1S/C18H17FO5S/c1-11-5-7-14(8-6-11)25(23,24)16-15(18(16,10-20)17(21)22)12-3-2-4-13(19)9-12/h2-9,15-16,20H,10H2,1H3,(H,21,22)/t15-,16+,18-/m1/s1. The molecule has 0 heterocycles. The number of carboxylic acids is 1. The molecule has 25 heavy (non-hydrogen) atoms. The van der Waals surface area contributed by atoms with Crippen molar-refractivity contribution in [1.29, 1.82) is 0 Å². The maximum Gasteiger partial charge on any atom is 0.314 e. The van der Waals surface area contributed by atoms with Crippen LogP contribution in [0.4, 0.5) is 4.39 Å². The number of benzene rings is 2. The Bertz CT molecular complexity index is 923. The van der Waals surface area contributed by atoms with E-state index in [4.69, 9.17) is 0 Å². The molecule has 0 bridgehead atoms. The zero-order valence-corrected chi connectivity index (χ0v) is 14.2. The summed E-state index contributed by atoms with van der Waals surface area (Å²) >= 11 is 0. The number of carbonyl (C=O) groups is 1. The molecule has 2 aromatic carbocycles. The van der Waals surface area contributed by atoms with E-state index >= 15 is 0 Å². The minimum atomic E-state index is -4.02. The summed E-state index contributed by atoms with van der Waals surface area (Å²) < 4.78 is 39.5. The molecule has 2 aromatic rings. The van der Waals surface area contributed by atoms with Crippen LogP contribution in [0.2, 0.25) is 0 Å². The second kappa shape index (κ2) is 5.93. The molecule has 0 amide bonds. The van der Waals surface area contributed by atoms with E-state index in [1.54, 1.807) is 19.1 Å². The molecule has 1 aliphatic rings. The fourth-order valence-corrected chi connectivity index (χ4v) is 5.78. The van der Waals surface area contributed by atoms with Gasteiger partial charge in [0.15, 0.2) is 9.84 Å². The number of carboxylic acid groups (broad SMARTS) is 1. The molecule has 0 saturated heterocycles. The predicted molar refractivity (Wildman–Crippen MR) is 88.4 cm³/mol. The van der Waals surface area contributed by atoms with Gasteiger partial charge in [-0.1, -0.05) is 29.8 Å². The van der Waals surface area contributed by atoms with Crippen LogP contribution in [0, 0.1) is 18.2 Å². The fraction of sp³-hybridized carbons (Fsp3) is 0.278. The summed E-state index contributed by atoms with van der Waals surface area (Å²) in [5.74, 6) is -3.02. The molecule has 0 spiro atoms. The topological polar surface area (TPSA) is 91.7 Å². The molecule has 0 aliphatic heterocycles. The Labute approximate surface area is 144 Å². The first kappa shape index (κ1) is 17.6. The number of sulfone groups is 1. The summed E-state index contributed by atoms with van der Waals surface area (Å²) in [4.78, 5) is 11.8. The van der Waals surface area contributed by atoms with Crippen LogP contribution in [-0.4, -0.2) is 36.5 Å². The van der Waals surface area contributed by atoms with Crippen molar-refractivity contribution in [3.05, 3.63) is 65.5 Å². The maximum atomic E-state index is 13.5. The number of aliphatic hydroxyl groups is 1. The quantitative estimate of drug-likeness (QED) is 0.848. The van der Waals surface area contributed by atoms with Gasteiger partial charge in [0.1, 0.15) is 11.2 Å². The number of rotatable bonds is 5. The van der Waals surface area contributed by atoms with Crippen LogP contribution in [-0.2, 0) is 14.6 Å². The van der Waals surface area contributed by atoms with Gasteiger partial charge in [-0.05, 0) is 36.8 Å². The lowest BCUT2D eigenvalue weighted by Crippen LogP contribution is -2.27. The Hall–Kier alpha value is -2.25. The van der Waals surface area contributed by atoms with Gasteiger partial charge in [0, 0.05) is 5.92 Å². The van der Waals surface area contributed by atoms with Gasteiger partial charge in [-0.15, -0.1) is 0 Å². The average molecular weight is 364 g/mol. The van der Waals surface area contributed by atoms with Gasteiger partial charge in [-0.3, -0.25) is 4.79 Å². The highest BCUT2D eigenvalue weighted by atomic mass is 32.2. The molecule has 7 heteroatoms. The molecule has 132 valence electrons. The van der Waals surface area contributed by atoms with Crippen molar-refractivity contribution in [3.8, 4) is 0 Å². The summed E-state index contributed by atoms with van der Waals surface area (Å²) in [6.45, 7) is 0.956. The Morgan fingerprint density at radius 2 is 1.84 bits per heavy atom. The van der Waals surface area contributed by atoms with E-state index in [9.17, 15) is 27.8 Å². The molecular formula is C18H17FO5S. The predicted octanol–water partition coefficient (Wildman–Crippen LogP) is 2.14. The minimum absolute atomic E-state index is 0.0129. The molecule has 5 nitrogen and oxygen atoms in total. The van der Waals surface area contributed by atoms with Crippen molar-refractivity contribution in [2.75, 3.05) is 6.61 Å². The number of hydrogen-bond donors (Lipinski definition) is 2. The van der Waals surface area contributed by atoms with E-state index in [2.05, 4.69) is 0 Å². The Kier molecular flexibility index (Phi) is 4.17. The average Bonchev–Trinajstić information content (AvgIpc) is 3.27. The smallest absolute Gasteiger partial charge is 0.314 e. The number of aryl methyl sites for hydroxylation is 1. The van der Waals surface area contributed by atoms with E-state index in [1.165, 1.54) is 30.3 Å². The molecule has 1 aliphatic carbocycles. The van der Waals surface area contributed by atoms with Crippen LogP contribution < -0.4 is 0 Å². The third kappa shape index (κ3) is 2.63. The molecule has 0 radical (unpaired) electrons. The van der Waals surface area contributed by atoms with Crippen LogP contribution in [0.1, 0.15) is 17.0 Å². The third-order valence-electron chi connectivity index (χ3n) is 4.81. The number of aliphatic hydroxyl groups excluding tert-OH is 1. The van der Waals surface area contributed by atoms with Gasteiger partial charge < -0.3 is 10.2 Å². The van der Waals surface area contributed by atoms with Crippen molar-refractivity contribution in [1.82, 2.24) is 0 Å². The first-order valence-electron chi connectivity index (χ1n) is 7.65. The van der Waals surface area contributed by atoms with Gasteiger partial charge >= 0.3 is 5.97 Å². The molecule has 3 atom stereocenters. The van der Waals surface area contributed by atoms with E-state index in [1.807, 2.05) is 0 Å². The zero-order chi connectivity index (χ0) is 18.4.